The molecule has 0 saturated heterocycles. The summed E-state index contributed by atoms with van der Waals surface area (Å²) in [7, 11) is 1.31. The topological polar surface area (TPSA) is 177 Å². The Kier molecular flexibility index (Phi) is 17.9. The van der Waals surface area contributed by atoms with Crippen molar-refractivity contribution >= 4 is 32.3 Å². The van der Waals surface area contributed by atoms with Crippen molar-refractivity contribution in [3.63, 3.8) is 0 Å². The SMILES string of the molecule is COC(=O)CCN(CCC[Si](OC)(OC)OCCOc1ccc(C(=O)C(C)(C)O)cc1)CCC(=O)OCCOc1ccc(C(=O)C(C)(C)O)cc1. The standard InChI is InChI=1S/C36H53NO13Si/c1-35(2,42)33(40)27-9-13-29(14-10-27)47-22-23-49-32(39)18-21-37(20-17-31(38)44-5)19-8-26-51(45-6,46-7)50-25-24-48-30-15-11-28(12-16-30)34(41)36(3,4)43/h9-16,42-43H,8,17-26H2,1-7H3. The molecule has 0 atom stereocenters. The van der Waals surface area contributed by atoms with Gasteiger partial charge in [0.15, 0.2) is 11.6 Å². The van der Waals surface area contributed by atoms with Gasteiger partial charge >= 0.3 is 20.7 Å². The first-order chi connectivity index (χ1) is 24.0. The summed E-state index contributed by atoms with van der Waals surface area (Å²) >= 11 is 0. The number of rotatable bonds is 25. The summed E-state index contributed by atoms with van der Waals surface area (Å²) in [5.74, 6) is -0.551. The molecule has 0 aliphatic rings. The summed E-state index contributed by atoms with van der Waals surface area (Å²) in [6.07, 6.45) is 0.833. The molecule has 2 N–H and O–H groups in total. The first-order valence-corrected chi connectivity index (χ1v) is 18.7. The molecule has 0 aliphatic carbocycles. The average molecular weight is 736 g/mol. The Morgan fingerprint density at radius 1 is 0.647 bits per heavy atom. The highest BCUT2D eigenvalue weighted by Gasteiger charge is 2.38. The van der Waals surface area contributed by atoms with Crippen molar-refractivity contribution in [3.8, 4) is 11.5 Å². The molecule has 0 saturated carbocycles. The molecule has 2 aromatic rings. The molecule has 0 unspecified atom stereocenters. The normalized spacial score (nSPS) is 12.0. The molecule has 0 amide bonds. The van der Waals surface area contributed by atoms with Crippen LogP contribution < -0.4 is 9.47 Å². The van der Waals surface area contributed by atoms with Crippen molar-refractivity contribution < 1.29 is 61.6 Å². The van der Waals surface area contributed by atoms with Gasteiger partial charge in [0.1, 0.15) is 42.5 Å². The highest BCUT2D eigenvalue weighted by atomic mass is 28.4. The van der Waals surface area contributed by atoms with Crippen LogP contribution in [-0.2, 0) is 32.3 Å². The second kappa shape index (κ2) is 21.0. The lowest BCUT2D eigenvalue weighted by Gasteiger charge is -2.28. The summed E-state index contributed by atoms with van der Waals surface area (Å²) in [4.78, 5) is 50.7. The molecular weight excluding hydrogens is 682 g/mol. The van der Waals surface area contributed by atoms with Crippen LogP contribution in [0.15, 0.2) is 48.5 Å². The van der Waals surface area contributed by atoms with Crippen LogP contribution >= 0.6 is 0 Å². The third-order valence-corrected chi connectivity index (χ3v) is 10.6. The Hall–Kier alpha value is -3.70. The molecule has 51 heavy (non-hydrogen) atoms. The van der Waals surface area contributed by atoms with E-state index in [0.717, 1.165) is 0 Å². The van der Waals surface area contributed by atoms with Crippen LogP contribution in [0.1, 0.15) is 67.7 Å². The molecule has 0 bridgehead atoms. The van der Waals surface area contributed by atoms with Crippen LogP contribution in [0.2, 0.25) is 6.04 Å². The van der Waals surface area contributed by atoms with E-state index < -0.39 is 31.8 Å². The number of ether oxygens (including phenoxy) is 4. The Bertz CT molecular complexity index is 1380. The van der Waals surface area contributed by atoms with Crippen molar-refractivity contribution in [2.45, 2.75) is 64.2 Å². The van der Waals surface area contributed by atoms with E-state index in [9.17, 15) is 29.4 Å². The van der Waals surface area contributed by atoms with Gasteiger partial charge in [-0.15, -0.1) is 0 Å². The zero-order chi connectivity index (χ0) is 38.1. The van der Waals surface area contributed by atoms with E-state index in [1.54, 1.807) is 48.5 Å². The third-order valence-electron chi connectivity index (χ3n) is 7.70. The summed E-state index contributed by atoms with van der Waals surface area (Å²) in [5.41, 5.74) is -2.20. The first kappa shape index (κ1) is 43.5. The number of hydrogen-bond donors (Lipinski definition) is 2. The lowest BCUT2D eigenvalue weighted by molar-refractivity contribution is -0.144. The molecule has 15 heteroatoms. The number of methoxy groups -OCH3 is 1. The molecule has 2 rings (SSSR count). The molecule has 2 aromatic carbocycles. The van der Waals surface area contributed by atoms with E-state index in [1.165, 1.54) is 49.0 Å². The lowest BCUT2D eigenvalue weighted by Crippen LogP contribution is -2.45. The lowest BCUT2D eigenvalue weighted by atomic mass is 9.97. The Balaban J connectivity index is 1.80. The number of aliphatic hydroxyl groups is 2. The number of nitrogens with zero attached hydrogens (tertiary/aromatic N) is 1. The summed E-state index contributed by atoms with van der Waals surface area (Å²) in [5, 5.41) is 19.8. The highest BCUT2D eigenvalue weighted by molar-refractivity contribution is 6.60. The van der Waals surface area contributed by atoms with Gasteiger partial charge in [0.2, 0.25) is 0 Å². The minimum atomic E-state index is -3.06. The minimum absolute atomic E-state index is 0.0231. The molecule has 284 valence electrons. The summed E-state index contributed by atoms with van der Waals surface area (Å²) in [6, 6.07) is 13.3. The van der Waals surface area contributed by atoms with E-state index in [4.69, 9.17) is 32.2 Å². The fourth-order valence-electron chi connectivity index (χ4n) is 4.79. The molecule has 0 spiro atoms. The maximum Gasteiger partial charge on any atom is 0.500 e. The van der Waals surface area contributed by atoms with Gasteiger partial charge in [-0.2, -0.15) is 0 Å². The van der Waals surface area contributed by atoms with Gasteiger partial charge in [-0.25, -0.2) is 0 Å². The number of hydrogen-bond acceptors (Lipinski definition) is 14. The number of carbonyl (C=O) groups is 4. The highest BCUT2D eigenvalue weighted by Crippen LogP contribution is 2.20. The second-order valence-corrected chi connectivity index (χ2v) is 15.7. The molecule has 0 aliphatic heterocycles. The number of benzene rings is 2. The number of Topliss-reactive ketones (excluding diaryl/α,β-unsaturated/α-hetero) is 2. The Labute approximate surface area is 301 Å². The van der Waals surface area contributed by atoms with E-state index in [-0.39, 0.29) is 51.0 Å². The molecule has 0 heterocycles. The van der Waals surface area contributed by atoms with E-state index in [1.807, 2.05) is 4.90 Å². The van der Waals surface area contributed by atoms with E-state index in [2.05, 4.69) is 0 Å². The monoisotopic (exact) mass is 735 g/mol. The number of esters is 2. The maximum atomic E-state index is 12.5. The van der Waals surface area contributed by atoms with Gasteiger partial charge in [0.05, 0.1) is 26.6 Å². The zero-order valence-electron chi connectivity index (χ0n) is 30.7. The predicted molar refractivity (Wildman–Crippen MR) is 189 cm³/mol. The average Bonchev–Trinajstić information content (AvgIpc) is 3.11. The van der Waals surface area contributed by atoms with Crippen LogP contribution in [0, 0.1) is 0 Å². The summed E-state index contributed by atoms with van der Waals surface area (Å²) in [6.45, 7) is 7.49. The largest absolute Gasteiger partial charge is 0.500 e. The second-order valence-electron chi connectivity index (χ2n) is 12.7. The van der Waals surface area contributed by atoms with Crippen molar-refractivity contribution in [1.82, 2.24) is 4.90 Å². The Morgan fingerprint density at radius 3 is 1.53 bits per heavy atom. The van der Waals surface area contributed by atoms with E-state index in [0.29, 0.717) is 54.7 Å². The van der Waals surface area contributed by atoms with Crippen LogP contribution in [0.3, 0.4) is 0 Å². The number of carbonyl (C=O) groups excluding carboxylic acids is 4. The third kappa shape index (κ3) is 15.6. The maximum absolute atomic E-state index is 12.5. The van der Waals surface area contributed by atoms with Crippen molar-refractivity contribution in [2.75, 3.05) is 67.4 Å². The van der Waals surface area contributed by atoms with Crippen molar-refractivity contribution in [1.29, 1.82) is 0 Å². The molecule has 0 fully saturated rings. The van der Waals surface area contributed by atoms with Gasteiger partial charge in [0, 0.05) is 44.5 Å². The van der Waals surface area contributed by atoms with Gasteiger partial charge < -0.3 is 47.3 Å². The quantitative estimate of drug-likeness (QED) is 0.0656. The smallest absolute Gasteiger partial charge is 0.491 e. The van der Waals surface area contributed by atoms with Gasteiger partial charge in [0.25, 0.3) is 0 Å². The fraction of sp³-hybridized carbons (Fsp3) is 0.556. The van der Waals surface area contributed by atoms with Crippen molar-refractivity contribution in [3.05, 3.63) is 59.7 Å². The van der Waals surface area contributed by atoms with Gasteiger partial charge in [-0.05, 0) is 89.2 Å². The fourth-order valence-corrected chi connectivity index (χ4v) is 6.73. The van der Waals surface area contributed by atoms with E-state index >= 15 is 0 Å². The van der Waals surface area contributed by atoms with Crippen LogP contribution in [0.5, 0.6) is 11.5 Å². The first-order valence-electron chi connectivity index (χ1n) is 16.7. The Morgan fingerprint density at radius 2 is 1.10 bits per heavy atom. The zero-order valence-corrected chi connectivity index (χ0v) is 31.7. The van der Waals surface area contributed by atoms with Gasteiger partial charge in [-0.3, -0.25) is 19.2 Å². The molecule has 0 radical (unpaired) electrons. The minimum Gasteiger partial charge on any atom is -0.491 e. The van der Waals surface area contributed by atoms with Crippen molar-refractivity contribution in [2.24, 2.45) is 0 Å². The molecule has 0 aromatic heterocycles. The van der Waals surface area contributed by atoms with Gasteiger partial charge in [-0.1, -0.05) is 0 Å². The number of ketones is 2. The van der Waals surface area contributed by atoms with Crippen LogP contribution in [-0.4, -0.2) is 126 Å². The molecular formula is C36H53NO13Si. The predicted octanol–water partition coefficient (Wildman–Crippen LogP) is 3.49. The van der Waals surface area contributed by atoms with Crippen LogP contribution in [0.4, 0.5) is 0 Å². The van der Waals surface area contributed by atoms with Crippen LogP contribution in [0.25, 0.3) is 0 Å². The summed E-state index contributed by atoms with van der Waals surface area (Å²) < 4.78 is 38.9. The molecule has 14 nitrogen and oxygen atoms in total.